The molecular weight excluding hydrogens is 358 g/mol. The van der Waals surface area contributed by atoms with E-state index in [9.17, 15) is 9.59 Å². The van der Waals surface area contributed by atoms with Crippen LogP contribution in [-0.4, -0.2) is 53.4 Å². The molecule has 3 heterocycles. The summed E-state index contributed by atoms with van der Waals surface area (Å²) in [7, 11) is 1.46. The standard InChI is InChI=1S/C13H16BrN3O5/c1-20-10-9(14)11-17(15-10)8(21-12(18)13(19)22-11)7-16-5-3-2-4-6-16/h8H,2-7H2,1H3. The molecule has 1 saturated heterocycles. The predicted octanol–water partition coefficient (Wildman–Crippen LogP) is 1.10. The topological polar surface area (TPSA) is 82.9 Å². The Kier molecular flexibility index (Phi) is 4.34. The molecule has 0 aliphatic carbocycles. The number of methoxy groups -OCH3 is 1. The Balaban J connectivity index is 1.91. The van der Waals surface area contributed by atoms with Crippen molar-refractivity contribution in [3.05, 3.63) is 4.47 Å². The first-order valence-corrected chi connectivity index (χ1v) is 7.86. The largest absolute Gasteiger partial charge is 0.479 e. The Morgan fingerprint density at radius 2 is 2.00 bits per heavy atom. The second kappa shape index (κ2) is 6.25. The van der Waals surface area contributed by atoms with Gasteiger partial charge in [0, 0.05) is 0 Å². The van der Waals surface area contributed by atoms with Gasteiger partial charge in [-0.3, -0.25) is 4.90 Å². The average molecular weight is 374 g/mol. The minimum absolute atomic E-state index is 0.120. The van der Waals surface area contributed by atoms with E-state index < -0.39 is 18.2 Å². The number of aromatic nitrogens is 2. The number of ether oxygens (including phenoxy) is 3. The number of rotatable bonds is 3. The van der Waals surface area contributed by atoms with E-state index in [-0.39, 0.29) is 11.8 Å². The number of likely N-dealkylation sites (tertiary alicyclic amines) is 1. The van der Waals surface area contributed by atoms with Gasteiger partial charge in [-0.2, -0.15) is 4.68 Å². The molecule has 120 valence electrons. The summed E-state index contributed by atoms with van der Waals surface area (Å²) in [6.45, 7) is 2.31. The lowest BCUT2D eigenvalue weighted by Crippen LogP contribution is -2.37. The fourth-order valence-electron chi connectivity index (χ4n) is 2.62. The lowest BCUT2D eigenvalue weighted by Gasteiger charge is -2.29. The summed E-state index contributed by atoms with van der Waals surface area (Å²) < 4.78 is 17.1. The molecule has 1 aromatic heterocycles. The highest BCUT2D eigenvalue weighted by atomic mass is 79.9. The van der Waals surface area contributed by atoms with Gasteiger partial charge in [0.2, 0.25) is 12.1 Å². The third-order valence-electron chi connectivity index (χ3n) is 3.71. The van der Waals surface area contributed by atoms with Crippen molar-refractivity contribution in [2.75, 3.05) is 26.7 Å². The van der Waals surface area contributed by atoms with E-state index in [4.69, 9.17) is 14.2 Å². The van der Waals surface area contributed by atoms with Gasteiger partial charge >= 0.3 is 11.9 Å². The van der Waals surface area contributed by atoms with Crippen LogP contribution < -0.4 is 9.47 Å². The van der Waals surface area contributed by atoms with E-state index in [0.717, 1.165) is 25.9 Å². The fraction of sp³-hybridized carbons (Fsp3) is 0.615. The zero-order chi connectivity index (χ0) is 15.7. The van der Waals surface area contributed by atoms with Crippen LogP contribution in [0.3, 0.4) is 0 Å². The van der Waals surface area contributed by atoms with Crippen LogP contribution in [0.2, 0.25) is 0 Å². The number of halogens is 1. The summed E-state index contributed by atoms with van der Waals surface area (Å²) in [5.41, 5.74) is 0. The monoisotopic (exact) mass is 373 g/mol. The van der Waals surface area contributed by atoms with Crippen LogP contribution in [0.4, 0.5) is 0 Å². The SMILES string of the molecule is COc1nn2c(c1Br)OC(=O)C(=O)OC2CN1CCCCC1. The van der Waals surface area contributed by atoms with Gasteiger partial charge in [0.1, 0.15) is 4.47 Å². The number of fused-ring (bicyclic) bond motifs is 1. The van der Waals surface area contributed by atoms with Gasteiger partial charge < -0.3 is 14.2 Å². The molecule has 0 spiro atoms. The van der Waals surface area contributed by atoms with E-state index in [1.54, 1.807) is 0 Å². The highest BCUT2D eigenvalue weighted by Gasteiger charge is 2.36. The van der Waals surface area contributed by atoms with Crippen LogP contribution in [0.15, 0.2) is 4.47 Å². The normalized spacial score (nSPS) is 22.5. The number of hydrogen-bond acceptors (Lipinski definition) is 7. The molecule has 0 amide bonds. The first kappa shape index (κ1) is 15.3. The maximum Gasteiger partial charge on any atom is 0.424 e. The predicted molar refractivity (Wildman–Crippen MR) is 77.5 cm³/mol. The molecule has 2 aliphatic rings. The van der Waals surface area contributed by atoms with Crippen LogP contribution >= 0.6 is 15.9 Å². The summed E-state index contributed by atoms with van der Waals surface area (Å²) in [4.78, 5) is 25.5. The first-order chi connectivity index (χ1) is 10.6. The number of carbonyl (C=O) groups excluding carboxylic acids is 2. The number of piperidine rings is 1. The summed E-state index contributed by atoms with van der Waals surface area (Å²) in [6.07, 6.45) is 2.69. The molecule has 1 fully saturated rings. The van der Waals surface area contributed by atoms with Gasteiger partial charge in [-0.15, -0.1) is 5.10 Å². The molecule has 1 atom stereocenters. The lowest BCUT2D eigenvalue weighted by atomic mass is 10.1. The quantitative estimate of drug-likeness (QED) is 0.579. The second-order valence-electron chi connectivity index (χ2n) is 5.18. The van der Waals surface area contributed by atoms with E-state index in [1.807, 2.05) is 0 Å². The maximum atomic E-state index is 11.7. The highest BCUT2D eigenvalue weighted by molar-refractivity contribution is 9.10. The number of carbonyl (C=O) groups is 2. The van der Waals surface area contributed by atoms with Gasteiger partial charge in [0.15, 0.2) is 0 Å². The Morgan fingerprint density at radius 1 is 1.27 bits per heavy atom. The molecule has 0 N–H and O–H groups in total. The number of hydrogen-bond donors (Lipinski definition) is 0. The second-order valence-corrected chi connectivity index (χ2v) is 5.98. The molecule has 22 heavy (non-hydrogen) atoms. The van der Waals surface area contributed by atoms with Crippen LogP contribution in [0.25, 0.3) is 0 Å². The summed E-state index contributed by atoms with van der Waals surface area (Å²) >= 11 is 3.27. The van der Waals surface area contributed by atoms with Crippen molar-refractivity contribution in [1.29, 1.82) is 0 Å². The third kappa shape index (κ3) is 2.82. The van der Waals surface area contributed by atoms with Gasteiger partial charge in [0.25, 0.3) is 5.88 Å². The Morgan fingerprint density at radius 3 is 2.68 bits per heavy atom. The van der Waals surface area contributed by atoms with E-state index in [0.29, 0.717) is 11.0 Å². The minimum Gasteiger partial charge on any atom is -0.479 e. The Labute approximate surface area is 135 Å². The zero-order valence-electron chi connectivity index (χ0n) is 12.1. The molecule has 0 bridgehead atoms. The molecule has 8 nitrogen and oxygen atoms in total. The summed E-state index contributed by atoms with van der Waals surface area (Å²) in [5, 5.41) is 4.21. The molecule has 1 unspecified atom stereocenters. The van der Waals surface area contributed by atoms with E-state index in [1.165, 1.54) is 18.2 Å². The Hall–Kier alpha value is -1.61. The molecule has 3 rings (SSSR count). The van der Waals surface area contributed by atoms with Gasteiger partial charge in [-0.25, -0.2) is 9.59 Å². The molecular formula is C13H16BrN3O5. The van der Waals surface area contributed by atoms with E-state index in [2.05, 4.69) is 25.9 Å². The lowest BCUT2D eigenvalue weighted by molar-refractivity contribution is -0.167. The van der Waals surface area contributed by atoms with Crippen LogP contribution in [0, 0.1) is 0 Å². The van der Waals surface area contributed by atoms with Crippen LogP contribution in [0.5, 0.6) is 11.8 Å². The zero-order valence-corrected chi connectivity index (χ0v) is 13.7. The van der Waals surface area contributed by atoms with Crippen molar-refractivity contribution in [2.45, 2.75) is 25.5 Å². The highest BCUT2D eigenvalue weighted by Crippen LogP contribution is 2.38. The van der Waals surface area contributed by atoms with Crippen LogP contribution in [0.1, 0.15) is 25.5 Å². The molecule has 9 heteroatoms. The van der Waals surface area contributed by atoms with E-state index >= 15 is 0 Å². The minimum atomic E-state index is -1.06. The van der Waals surface area contributed by atoms with Gasteiger partial charge in [0.05, 0.1) is 13.7 Å². The number of nitrogens with zero attached hydrogens (tertiary/aromatic N) is 3. The van der Waals surface area contributed by atoms with Gasteiger partial charge in [-0.1, -0.05) is 6.42 Å². The molecule has 1 aromatic rings. The molecule has 2 aliphatic heterocycles. The molecule has 0 saturated carbocycles. The van der Waals surface area contributed by atoms with Crippen molar-refractivity contribution in [3.63, 3.8) is 0 Å². The van der Waals surface area contributed by atoms with Gasteiger partial charge in [-0.05, 0) is 41.9 Å². The van der Waals surface area contributed by atoms with Crippen LogP contribution in [-0.2, 0) is 14.3 Å². The van der Waals surface area contributed by atoms with Crippen molar-refractivity contribution in [1.82, 2.24) is 14.7 Å². The maximum absolute atomic E-state index is 11.7. The summed E-state index contributed by atoms with van der Waals surface area (Å²) in [6, 6.07) is 0. The van der Waals surface area contributed by atoms with Crippen molar-refractivity contribution in [3.8, 4) is 11.8 Å². The third-order valence-corrected chi connectivity index (χ3v) is 4.39. The average Bonchev–Trinajstić information content (AvgIpc) is 2.78. The summed E-state index contributed by atoms with van der Waals surface area (Å²) in [5.74, 6) is -1.69. The fourth-order valence-corrected chi connectivity index (χ4v) is 3.13. The van der Waals surface area contributed by atoms with Crippen molar-refractivity contribution in [2.24, 2.45) is 0 Å². The molecule has 0 radical (unpaired) electrons. The number of esters is 2. The number of cyclic esters (lactones) is 1. The Bertz CT molecular complexity index is 597. The van der Waals surface area contributed by atoms with Crippen molar-refractivity contribution >= 4 is 27.9 Å². The smallest absolute Gasteiger partial charge is 0.424 e. The van der Waals surface area contributed by atoms with Crippen molar-refractivity contribution < 1.29 is 23.8 Å². The molecule has 0 aromatic carbocycles. The first-order valence-electron chi connectivity index (χ1n) is 7.07.